The smallest absolute Gasteiger partial charge is 0.303 e. The predicted octanol–water partition coefficient (Wildman–Crippen LogP) is 0.822. The number of nitrogens with zero attached hydrogens (tertiary/aromatic N) is 3. The minimum absolute atomic E-state index is 0.211. The van der Waals surface area contributed by atoms with Crippen LogP contribution >= 0.6 is 0 Å². The van der Waals surface area contributed by atoms with Crippen LogP contribution in [0.5, 0.6) is 0 Å². The third kappa shape index (κ3) is 2.66. The fourth-order valence-corrected chi connectivity index (χ4v) is 3.48. The van der Waals surface area contributed by atoms with E-state index in [1.54, 1.807) is 14.1 Å². The molecule has 0 aromatic heterocycles. The molecule has 1 aromatic rings. The van der Waals surface area contributed by atoms with Crippen molar-refractivity contribution in [2.24, 2.45) is 0 Å². The van der Waals surface area contributed by atoms with Crippen molar-refractivity contribution >= 4 is 16.1 Å². The first-order valence-corrected chi connectivity index (χ1v) is 7.86. The number of hydrogen-bond acceptors (Lipinski definition) is 3. The third-order valence-corrected chi connectivity index (χ3v) is 5.25. The van der Waals surface area contributed by atoms with Crippen molar-refractivity contribution in [3.63, 3.8) is 0 Å². The van der Waals surface area contributed by atoms with E-state index in [1.165, 1.54) is 29.5 Å². The van der Waals surface area contributed by atoms with Crippen molar-refractivity contribution in [1.29, 1.82) is 0 Å². The Bertz CT molecular complexity index is 668. The first-order valence-electron chi connectivity index (χ1n) is 6.46. The molecule has 0 fully saturated rings. The standard InChI is InChI=1S/C14H19N3O3S/c1-15(2)14(18)12-10-16(3)21(19,20)17(4)13(12)11-8-6-5-7-9-11/h5-10,13H,1-4H3. The van der Waals surface area contributed by atoms with Crippen LogP contribution in [0.25, 0.3) is 0 Å². The van der Waals surface area contributed by atoms with Crippen molar-refractivity contribution in [2.45, 2.75) is 6.04 Å². The summed E-state index contributed by atoms with van der Waals surface area (Å²) < 4.78 is 26.9. The second-order valence-corrected chi connectivity index (χ2v) is 7.19. The van der Waals surface area contributed by atoms with Gasteiger partial charge in [-0.05, 0) is 5.56 Å². The Morgan fingerprint density at radius 2 is 1.71 bits per heavy atom. The first-order chi connectivity index (χ1) is 9.76. The molecule has 114 valence electrons. The first kappa shape index (κ1) is 15.5. The Balaban J connectivity index is 2.61. The maximum Gasteiger partial charge on any atom is 0.303 e. The Labute approximate surface area is 125 Å². The van der Waals surface area contributed by atoms with Gasteiger partial charge in [0.1, 0.15) is 0 Å². The Morgan fingerprint density at radius 1 is 1.14 bits per heavy atom. The van der Waals surface area contributed by atoms with Crippen LogP contribution in [-0.2, 0) is 15.0 Å². The highest BCUT2D eigenvalue weighted by molar-refractivity contribution is 7.86. The summed E-state index contributed by atoms with van der Waals surface area (Å²) in [5, 5.41) is 0. The maximum atomic E-state index is 12.4. The fourth-order valence-electron chi connectivity index (χ4n) is 2.32. The molecule has 1 aliphatic heterocycles. The Kier molecular flexibility index (Phi) is 4.06. The lowest BCUT2D eigenvalue weighted by Gasteiger charge is -2.37. The van der Waals surface area contributed by atoms with E-state index in [2.05, 4.69) is 0 Å². The minimum atomic E-state index is -3.61. The molecule has 0 aliphatic carbocycles. The van der Waals surface area contributed by atoms with Crippen LogP contribution in [0.2, 0.25) is 0 Å². The van der Waals surface area contributed by atoms with Crippen LogP contribution < -0.4 is 0 Å². The molecular weight excluding hydrogens is 290 g/mol. The molecule has 1 unspecified atom stereocenters. The Morgan fingerprint density at radius 3 is 2.24 bits per heavy atom. The van der Waals surface area contributed by atoms with Crippen LogP contribution in [0.15, 0.2) is 42.1 Å². The van der Waals surface area contributed by atoms with Crippen molar-refractivity contribution < 1.29 is 13.2 Å². The molecule has 1 heterocycles. The molecule has 1 aliphatic rings. The zero-order valence-electron chi connectivity index (χ0n) is 12.5. The van der Waals surface area contributed by atoms with Gasteiger partial charge in [0.25, 0.3) is 5.91 Å². The quantitative estimate of drug-likeness (QED) is 0.813. The second kappa shape index (κ2) is 5.50. The van der Waals surface area contributed by atoms with E-state index in [9.17, 15) is 13.2 Å². The lowest BCUT2D eigenvalue weighted by atomic mass is 9.98. The SMILES string of the molecule is CN(C)C(=O)C1=CN(C)S(=O)(=O)N(C)C1c1ccccc1. The van der Waals surface area contributed by atoms with Gasteiger partial charge in [-0.2, -0.15) is 12.7 Å². The number of hydrogen-bond donors (Lipinski definition) is 0. The monoisotopic (exact) mass is 309 g/mol. The van der Waals surface area contributed by atoms with Gasteiger partial charge in [-0.3, -0.25) is 9.10 Å². The van der Waals surface area contributed by atoms with Crippen LogP contribution in [0.4, 0.5) is 0 Å². The molecule has 0 spiro atoms. The van der Waals surface area contributed by atoms with Gasteiger partial charge in [0.2, 0.25) is 0 Å². The summed E-state index contributed by atoms with van der Waals surface area (Å²) in [7, 11) is 2.60. The molecule has 1 amide bonds. The third-order valence-electron chi connectivity index (χ3n) is 3.48. The topological polar surface area (TPSA) is 60.9 Å². The van der Waals surface area contributed by atoms with E-state index in [0.29, 0.717) is 5.57 Å². The minimum Gasteiger partial charge on any atom is -0.345 e. The molecular formula is C14H19N3O3S. The van der Waals surface area contributed by atoms with Crippen molar-refractivity contribution in [2.75, 3.05) is 28.2 Å². The average Bonchev–Trinajstić information content (AvgIpc) is 2.45. The van der Waals surface area contributed by atoms with Gasteiger partial charge in [0.05, 0.1) is 11.6 Å². The highest BCUT2D eigenvalue weighted by Gasteiger charge is 2.40. The fraction of sp³-hybridized carbons (Fsp3) is 0.357. The number of rotatable bonds is 2. The highest BCUT2D eigenvalue weighted by Crippen LogP contribution is 2.35. The van der Waals surface area contributed by atoms with Crippen LogP contribution in [0.1, 0.15) is 11.6 Å². The molecule has 0 N–H and O–H groups in total. The number of likely N-dealkylation sites (N-methyl/N-ethyl adjacent to an activating group) is 2. The summed E-state index contributed by atoms with van der Waals surface area (Å²) >= 11 is 0. The van der Waals surface area contributed by atoms with E-state index in [4.69, 9.17) is 0 Å². The number of benzene rings is 1. The lowest BCUT2D eigenvalue weighted by Crippen LogP contribution is -2.46. The molecule has 7 heteroatoms. The van der Waals surface area contributed by atoms with Gasteiger partial charge in [0.15, 0.2) is 0 Å². The van der Waals surface area contributed by atoms with Crippen LogP contribution in [0, 0.1) is 0 Å². The van der Waals surface area contributed by atoms with E-state index in [-0.39, 0.29) is 5.91 Å². The molecule has 6 nitrogen and oxygen atoms in total. The molecule has 0 radical (unpaired) electrons. The molecule has 0 saturated carbocycles. The maximum absolute atomic E-state index is 12.4. The van der Waals surface area contributed by atoms with Gasteiger partial charge in [-0.25, -0.2) is 0 Å². The van der Waals surface area contributed by atoms with E-state index in [0.717, 1.165) is 9.87 Å². The second-order valence-electron chi connectivity index (χ2n) is 5.14. The van der Waals surface area contributed by atoms with E-state index >= 15 is 0 Å². The Hall–Kier alpha value is -1.86. The normalized spacial score (nSPS) is 21.8. The predicted molar refractivity (Wildman–Crippen MR) is 80.4 cm³/mol. The van der Waals surface area contributed by atoms with Crippen LogP contribution in [-0.4, -0.2) is 56.0 Å². The van der Waals surface area contributed by atoms with Gasteiger partial charge in [-0.15, -0.1) is 0 Å². The molecule has 21 heavy (non-hydrogen) atoms. The average molecular weight is 309 g/mol. The summed E-state index contributed by atoms with van der Waals surface area (Å²) in [5.41, 5.74) is 1.18. The van der Waals surface area contributed by atoms with E-state index in [1.807, 2.05) is 30.3 Å². The summed E-state index contributed by atoms with van der Waals surface area (Å²) in [6.07, 6.45) is 1.40. The molecule has 1 aromatic carbocycles. The van der Waals surface area contributed by atoms with Crippen LogP contribution in [0.3, 0.4) is 0 Å². The zero-order chi connectivity index (χ0) is 15.8. The van der Waals surface area contributed by atoms with Gasteiger partial charge >= 0.3 is 10.2 Å². The number of amides is 1. The van der Waals surface area contributed by atoms with Crippen molar-refractivity contribution in [1.82, 2.24) is 13.5 Å². The molecule has 1 atom stereocenters. The van der Waals surface area contributed by atoms with Gasteiger partial charge < -0.3 is 4.90 Å². The van der Waals surface area contributed by atoms with Gasteiger partial charge in [0, 0.05) is 34.4 Å². The number of carbonyl (C=O) groups excluding carboxylic acids is 1. The number of carbonyl (C=O) groups is 1. The molecule has 0 saturated heterocycles. The largest absolute Gasteiger partial charge is 0.345 e. The lowest BCUT2D eigenvalue weighted by molar-refractivity contribution is -0.125. The van der Waals surface area contributed by atoms with Crippen molar-refractivity contribution in [3.05, 3.63) is 47.7 Å². The summed E-state index contributed by atoms with van der Waals surface area (Å²) in [6.45, 7) is 0. The molecule has 0 bridgehead atoms. The molecule has 2 rings (SSSR count). The van der Waals surface area contributed by atoms with E-state index < -0.39 is 16.3 Å². The summed E-state index contributed by atoms with van der Waals surface area (Å²) in [4.78, 5) is 13.8. The van der Waals surface area contributed by atoms with Gasteiger partial charge in [-0.1, -0.05) is 30.3 Å². The van der Waals surface area contributed by atoms with Crippen molar-refractivity contribution in [3.8, 4) is 0 Å². The highest BCUT2D eigenvalue weighted by atomic mass is 32.2. The zero-order valence-corrected chi connectivity index (χ0v) is 13.3. The summed E-state index contributed by atoms with van der Waals surface area (Å²) in [5.74, 6) is -0.211. The summed E-state index contributed by atoms with van der Waals surface area (Å²) in [6, 6.07) is 8.52.